The molecule has 0 aliphatic carbocycles. The zero-order valence-corrected chi connectivity index (χ0v) is 11.5. The number of carbonyl (C=O) groups is 1. The molecule has 3 aromatic rings. The Morgan fingerprint density at radius 2 is 2.00 bits per heavy atom. The van der Waals surface area contributed by atoms with Gasteiger partial charge in [-0.25, -0.2) is 4.79 Å². The van der Waals surface area contributed by atoms with E-state index in [9.17, 15) is 4.79 Å². The van der Waals surface area contributed by atoms with Crippen molar-refractivity contribution in [3.63, 3.8) is 0 Å². The van der Waals surface area contributed by atoms with Gasteiger partial charge in [0.25, 0.3) is 0 Å². The van der Waals surface area contributed by atoms with Crippen molar-refractivity contribution in [2.45, 2.75) is 6.92 Å². The highest BCUT2D eigenvalue weighted by atomic mass is 16.4. The monoisotopic (exact) mass is 278 g/mol. The predicted molar refractivity (Wildman–Crippen MR) is 83.2 cm³/mol. The minimum Gasteiger partial charge on any atom is -0.478 e. The summed E-state index contributed by atoms with van der Waals surface area (Å²) in [6.45, 7) is 1.79. The van der Waals surface area contributed by atoms with Crippen LogP contribution in [0, 0.1) is 6.92 Å². The van der Waals surface area contributed by atoms with E-state index in [1.165, 1.54) is 0 Å². The first kappa shape index (κ1) is 13.1. The van der Waals surface area contributed by atoms with Crippen LogP contribution in [0.15, 0.2) is 54.7 Å². The molecule has 0 fully saturated rings. The molecule has 4 heteroatoms. The third-order valence-electron chi connectivity index (χ3n) is 3.38. The minimum absolute atomic E-state index is 0.320. The molecule has 0 saturated heterocycles. The number of carboxylic acids is 1. The van der Waals surface area contributed by atoms with Crippen molar-refractivity contribution >= 4 is 28.2 Å². The molecular weight excluding hydrogens is 264 g/mol. The zero-order chi connectivity index (χ0) is 14.8. The number of hydrogen-bond acceptors (Lipinski definition) is 3. The van der Waals surface area contributed by atoms with Crippen molar-refractivity contribution < 1.29 is 9.90 Å². The molecule has 1 heterocycles. The molecule has 0 amide bonds. The normalized spacial score (nSPS) is 10.5. The number of nitrogens with zero attached hydrogens (tertiary/aromatic N) is 1. The van der Waals surface area contributed by atoms with Gasteiger partial charge < -0.3 is 10.4 Å². The predicted octanol–water partition coefficient (Wildman–Crippen LogP) is 3.99. The molecule has 0 unspecified atom stereocenters. The lowest BCUT2D eigenvalue weighted by molar-refractivity contribution is 0.0696. The molecule has 0 bridgehead atoms. The van der Waals surface area contributed by atoms with Gasteiger partial charge in [-0.15, -0.1) is 0 Å². The van der Waals surface area contributed by atoms with Crippen LogP contribution in [-0.2, 0) is 0 Å². The Morgan fingerprint density at radius 1 is 1.14 bits per heavy atom. The third kappa shape index (κ3) is 2.56. The zero-order valence-electron chi connectivity index (χ0n) is 11.5. The van der Waals surface area contributed by atoms with Gasteiger partial charge in [0.2, 0.25) is 0 Å². The van der Waals surface area contributed by atoms with E-state index in [0.717, 1.165) is 27.8 Å². The molecule has 104 valence electrons. The van der Waals surface area contributed by atoms with Crippen molar-refractivity contribution in [1.29, 1.82) is 0 Å². The van der Waals surface area contributed by atoms with Crippen LogP contribution in [0.25, 0.3) is 10.9 Å². The molecule has 21 heavy (non-hydrogen) atoms. The van der Waals surface area contributed by atoms with Crippen LogP contribution >= 0.6 is 0 Å². The molecule has 2 aromatic carbocycles. The second kappa shape index (κ2) is 5.25. The van der Waals surface area contributed by atoms with Crippen LogP contribution in [0.1, 0.15) is 15.9 Å². The quantitative estimate of drug-likeness (QED) is 0.760. The second-order valence-corrected chi connectivity index (χ2v) is 4.84. The highest BCUT2D eigenvalue weighted by Crippen LogP contribution is 2.26. The number of benzene rings is 2. The fourth-order valence-electron chi connectivity index (χ4n) is 2.35. The van der Waals surface area contributed by atoms with Crippen LogP contribution in [0.2, 0.25) is 0 Å². The summed E-state index contributed by atoms with van der Waals surface area (Å²) < 4.78 is 0. The Balaban J connectivity index is 1.99. The highest BCUT2D eigenvalue weighted by molar-refractivity contribution is 5.94. The topological polar surface area (TPSA) is 62.2 Å². The van der Waals surface area contributed by atoms with E-state index in [-0.39, 0.29) is 0 Å². The van der Waals surface area contributed by atoms with Crippen molar-refractivity contribution in [2.75, 3.05) is 5.32 Å². The van der Waals surface area contributed by atoms with Gasteiger partial charge in [-0.2, -0.15) is 0 Å². The number of nitrogens with one attached hydrogen (secondary N) is 1. The first-order chi connectivity index (χ1) is 10.1. The summed E-state index contributed by atoms with van der Waals surface area (Å²) >= 11 is 0. The molecule has 4 nitrogen and oxygen atoms in total. The standard InChI is InChI=1S/C17H14N2O2/c1-11-10-12(7-8-13(11)17(20)21)19-16-6-2-5-15-14(16)4-3-9-18-15/h2-10,19H,1H3,(H,20,21). The van der Waals surface area contributed by atoms with E-state index in [2.05, 4.69) is 10.3 Å². The van der Waals surface area contributed by atoms with E-state index < -0.39 is 5.97 Å². The van der Waals surface area contributed by atoms with Crippen molar-refractivity contribution in [1.82, 2.24) is 4.98 Å². The van der Waals surface area contributed by atoms with Gasteiger partial charge >= 0.3 is 5.97 Å². The molecule has 3 rings (SSSR count). The van der Waals surface area contributed by atoms with Crippen LogP contribution in [-0.4, -0.2) is 16.1 Å². The summed E-state index contributed by atoms with van der Waals surface area (Å²) in [6.07, 6.45) is 1.76. The van der Waals surface area contributed by atoms with Gasteiger partial charge in [0, 0.05) is 23.0 Å². The SMILES string of the molecule is Cc1cc(Nc2cccc3ncccc23)ccc1C(=O)O. The summed E-state index contributed by atoms with van der Waals surface area (Å²) in [7, 11) is 0. The molecule has 0 saturated carbocycles. The van der Waals surface area contributed by atoms with Gasteiger partial charge in [-0.05, 0) is 55.0 Å². The minimum atomic E-state index is -0.909. The van der Waals surface area contributed by atoms with Gasteiger partial charge in [0.1, 0.15) is 0 Å². The highest BCUT2D eigenvalue weighted by Gasteiger charge is 2.08. The van der Waals surface area contributed by atoms with Gasteiger partial charge in [-0.1, -0.05) is 6.07 Å². The average Bonchev–Trinajstić information content (AvgIpc) is 2.47. The van der Waals surface area contributed by atoms with Crippen LogP contribution in [0.4, 0.5) is 11.4 Å². The van der Waals surface area contributed by atoms with Gasteiger partial charge in [-0.3, -0.25) is 4.98 Å². The van der Waals surface area contributed by atoms with Crippen LogP contribution < -0.4 is 5.32 Å². The molecule has 1 aromatic heterocycles. The maximum absolute atomic E-state index is 11.0. The molecule has 2 N–H and O–H groups in total. The summed E-state index contributed by atoms with van der Waals surface area (Å²) in [4.78, 5) is 15.4. The second-order valence-electron chi connectivity index (χ2n) is 4.84. The molecular formula is C17H14N2O2. The molecule has 0 atom stereocenters. The van der Waals surface area contributed by atoms with E-state index in [1.54, 1.807) is 25.3 Å². The first-order valence-electron chi connectivity index (χ1n) is 6.60. The molecule has 0 aliphatic rings. The number of aryl methyl sites for hydroxylation is 1. The maximum Gasteiger partial charge on any atom is 0.335 e. The molecule has 0 radical (unpaired) electrons. The third-order valence-corrected chi connectivity index (χ3v) is 3.38. The number of aromatic carboxylic acids is 1. The number of anilines is 2. The van der Waals surface area contributed by atoms with Crippen molar-refractivity contribution in [3.8, 4) is 0 Å². The first-order valence-corrected chi connectivity index (χ1v) is 6.60. The fourth-order valence-corrected chi connectivity index (χ4v) is 2.35. The fraction of sp³-hybridized carbons (Fsp3) is 0.0588. The number of pyridine rings is 1. The summed E-state index contributed by atoms with van der Waals surface area (Å²) in [5.74, 6) is -0.909. The Morgan fingerprint density at radius 3 is 2.76 bits per heavy atom. The van der Waals surface area contributed by atoms with E-state index >= 15 is 0 Å². The lowest BCUT2D eigenvalue weighted by Gasteiger charge is -2.11. The number of fused-ring (bicyclic) bond motifs is 1. The smallest absolute Gasteiger partial charge is 0.335 e. The number of aromatic nitrogens is 1. The summed E-state index contributed by atoms with van der Waals surface area (Å²) in [5.41, 5.74) is 3.77. The number of hydrogen-bond donors (Lipinski definition) is 2. The molecule has 0 spiro atoms. The largest absolute Gasteiger partial charge is 0.478 e. The number of rotatable bonds is 3. The Labute approximate surface area is 122 Å². The lowest BCUT2D eigenvalue weighted by Crippen LogP contribution is -2.00. The van der Waals surface area contributed by atoms with E-state index in [0.29, 0.717) is 5.56 Å². The van der Waals surface area contributed by atoms with Crippen LogP contribution in [0.3, 0.4) is 0 Å². The summed E-state index contributed by atoms with van der Waals surface area (Å²) in [5, 5.41) is 13.4. The van der Waals surface area contributed by atoms with Gasteiger partial charge in [0.15, 0.2) is 0 Å². The Bertz CT molecular complexity index is 823. The lowest BCUT2D eigenvalue weighted by atomic mass is 10.1. The average molecular weight is 278 g/mol. The van der Waals surface area contributed by atoms with E-state index in [4.69, 9.17) is 5.11 Å². The number of carboxylic acid groups (broad SMARTS) is 1. The van der Waals surface area contributed by atoms with Crippen molar-refractivity contribution in [2.24, 2.45) is 0 Å². The molecule has 0 aliphatic heterocycles. The van der Waals surface area contributed by atoms with E-state index in [1.807, 2.05) is 36.4 Å². The van der Waals surface area contributed by atoms with Crippen LogP contribution in [0.5, 0.6) is 0 Å². The Kier molecular flexibility index (Phi) is 3.28. The summed E-state index contributed by atoms with van der Waals surface area (Å²) in [6, 6.07) is 15.0. The van der Waals surface area contributed by atoms with Gasteiger partial charge in [0.05, 0.1) is 11.1 Å². The van der Waals surface area contributed by atoms with Crippen molar-refractivity contribution in [3.05, 3.63) is 65.9 Å². The maximum atomic E-state index is 11.0. The Hall–Kier alpha value is -2.88.